The van der Waals surface area contributed by atoms with Gasteiger partial charge in [-0.05, 0) is 31.0 Å². The molecule has 3 N–H and O–H groups in total. The number of aromatic nitrogens is 1. The van der Waals surface area contributed by atoms with Crippen molar-refractivity contribution in [2.75, 3.05) is 11.9 Å². The van der Waals surface area contributed by atoms with Crippen molar-refractivity contribution in [2.45, 2.75) is 37.5 Å². The van der Waals surface area contributed by atoms with Crippen LogP contribution in [0.2, 0.25) is 0 Å². The van der Waals surface area contributed by atoms with E-state index in [1.54, 1.807) is 11.6 Å². The molecule has 7 nitrogen and oxygen atoms in total. The monoisotopic (exact) mass is 393 g/mol. The number of rotatable bonds is 6. The highest BCUT2D eigenvalue weighted by molar-refractivity contribution is 7.13. The lowest BCUT2D eigenvalue weighted by molar-refractivity contribution is -0.126. The van der Waals surface area contributed by atoms with E-state index < -0.39 is 23.9 Å². The van der Waals surface area contributed by atoms with Crippen LogP contribution in [0.5, 0.6) is 0 Å². The maximum absolute atomic E-state index is 13.3. The van der Waals surface area contributed by atoms with Crippen molar-refractivity contribution in [2.24, 2.45) is 0 Å². The van der Waals surface area contributed by atoms with Crippen molar-refractivity contribution in [3.63, 3.8) is 0 Å². The third kappa shape index (κ3) is 5.31. The second kappa shape index (κ2) is 9.03. The van der Waals surface area contributed by atoms with Gasteiger partial charge in [-0.3, -0.25) is 9.59 Å². The number of amides is 2. The first-order valence-electron chi connectivity index (χ1n) is 8.57. The summed E-state index contributed by atoms with van der Waals surface area (Å²) in [7, 11) is 0. The maximum Gasteiger partial charge on any atom is 0.251 e. The number of benzene rings is 1. The van der Waals surface area contributed by atoms with Gasteiger partial charge in [0.05, 0.1) is 25.2 Å². The summed E-state index contributed by atoms with van der Waals surface area (Å²) in [5.41, 5.74) is 0.205. The molecule has 1 aromatic carbocycles. The molecule has 2 heterocycles. The van der Waals surface area contributed by atoms with Gasteiger partial charge in [0.1, 0.15) is 11.9 Å². The molecule has 1 aliphatic rings. The van der Waals surface area contributed by atoms with Crippen LogP contribution in [-0.4, -0.2) is 46.8 Å². The van der Waals surface area contributed by atoms with Gasteiger partial charge in [0.25, 0.3) is 5.91 Å². The molecule has 9 heteroatoms. The molecule has 27 heavy (non-hydrogen) atoms. The van der Waals surface area contributed by atoms with E-state index in [0.717, 1.165) is 6.07 Å². The van der Waals surface area contributed by atoms with Crippen molar-refractivity contribution in [1.29, 1.82) is 0 Å². The molecule has 2 aromatic rings. The zero-order valence-corrected chi connectivity index (χ0v) is 15.2. The maximum atomic E-state index is 13.3. The Kier molecular flexibility index (Phi) is 6.49. The Labute approximate surface area is 159 Å². The molecule has 0 radical (unpaired) electrons. The predicted octanol–water partition coefficient (Wildman–Crippen LogP) is 1.95. The normalized spacial score (nSPS) is 22.2. The summed E-state index contributed by atoms with van der Waals surface area (Å²) in [6, 6.07) is 4.98. The van der Waals surface area contributed by atoms with Gasteiger partial charge in [-0.1, -0.05) is 6.07 Å². The van der Waals surface area contributed by atoms with Crippen LogP contribution in [0.1, 0.15) is 29.6 Å². The predicted molar refractivity (Wildman–Crippen MR) is 98.0 cm³/mol. The number of nitrogens with one attached hydrogen (secondary N) is 2. The van der Waals surface area contributed by atoms with E-state index in [1.165, 1.54) is 29.5 Å². The van der Waals surface area contributed by atoms with Gasteiger partial charge in [0.15, 0.2) is 5.13 Å². The second-order valence-electron chi connectivity index (χ2n) is 6.24. The quantitative estimate of drug-likeness (QED) is 0.697. The fraction of sp³-hybridized carbons (Fsp3) is 0.389. The largest absolute Gasteiger partial charge is 0.394 e. The van der Waals surface area contributed by atoms with Gasteiger partial charge < -0.3 is 20.5 Å². The molecular weight excluding hydrogens is 373 g/mol. The van der Waals surface area contributed by atoms with Crippen LogP contribution in [0, 0.1) is 5.82 Å². The van der Waals surface area contributed by atoms with E-state index in [4.69, 9.17) is 4.74 Å². The number of thiazole rings is 1. The van der Waals surface area contributed by atoms with Crippen molar-refractivity contribution in [3.05, 3.63) is 47.2 Å². The first-order chi connectivity index (χ1) is 13.0. The lowest BCUT2D eigenvalue weighted by Crippen LogP contribution is -2.51. The molecule has 1 aromatic heterocycles. The highest BCUT2D eigenvalue weighted by Gasteiger charge is 2.33. The lowest BCUT2D eigenvalue weighted by Gasteiger charge is -2.36. The van der Waals surface area contributed by atoms with Gasteiger partial charge in [0, 0.05) is 17.1 Å². The number of aliphatic hydroxyl groups excluding tert-OH is 1. The smallest absolute Gasteiger partial charge is 0.251 e. The molecule has 1 aliphatic heterocycles. The Morgan fingerprint density at radius 3 is 2.93 bits per heavy atom. The second-order valence-corrected chi connectivity index (χ2v) is 7.13. The van der Waals surface area contributed by atoms with Crippen LogP contribution in [0.3, 0.4) is 0 Å². The van der Waals surface area contributed by atoms with E-state index in [2.05, 4.69) is 15.6 Å². The molecule has 3 rings (SSSR count). The summed E-state index contributed by atoms with van der Waals surface area (Å²) in [5, 5.41) is 17.4. The van der Waals surface area contributed by atoms with Crippen molar-refractivity contribution in [1.82, 2.24) is 10.3 Å². The number of nitrogens with zero attached hydrogens (tertiary/aromatic N) is 1. The molecule has 3 atom stereocenters. The number of hydrogen-bond acceptors (Lipinski definition) is 6. The minimum absolute atomic E-state index is 0.140. The van der Waals surface area contributed by atoms with Gasteiger partial charge in [-0.2, -0.15) is 0 Å². The van der Waals surface area contributed by atoms with Crippen molar-refractivity contribution >= 4 is 28.3 Å². The summed E-state index contributed by atoms with van der Waals surface area (Å²) >= 11 is 1.33. The summed E-state index contributed by atoms with van der Waals surface area (Å²) in [6.45, 7) is -0.293. The molecule has 0 spiro atoms. The van der Waals surface area contributed by atoms with E-state index in [0.29, 0.717) is 18.0 Å². The van der Waals surface area contributed by atoms with Gasteiger partial charge in [0.2, 0.25) is 5.91 Å². The van der Waals surface area contributed by atoms with Crippen LogP contribution in [-0.2, 0) is 9.53 Å². The number of halogens is 1. The van der Waals surface area contributed by atoms with E-state index in [-0.39, 0.29) is 30.6 Å². The molecule has 0 unspecified atom stereocenters. The number of anilines is 1. The molecule has 0 bridgehead atoms. The van der Waals surface area contributed by atoms with Crippen LogP contribution >= 0.6 is 11.3 Å². The molecule has 2 amide bonds. The summed E-state index contributed by atoms with van der Waals surface area (Å²) in [4.78, 5) is 28.3. The van der Waals surface area contributed by atoms with Gasteiger partial charge in [-0.15, -0.1) is 11.3 Å². The number of aliphatic hydroxyl groups is 1. The number of hydrogen-bond donors (Lipinski definition) is 3. The van der Waals surface area contributed by atoms with Gasteiger partial charge in [-0.25, -0.2) is 9.37 Å². The molecular formula is C18H20FN3O4S. The first-order valence-corrected chi connectivity index (χ1v) is 9.45. The minimum atomic E-state index is -0.631. The zero-order valence-electron chi connectivity index (χ0n) is 14.4. The average Bonchev–Trinajstić information content (AvgIpc) is 3.15. The van der Waals surface area contributed by atoms with E-state index in [9.17, 15) is 19.1 Å². The highest BCUT2D eigenvalue weighted by atomic mass is 32.1. The number of carbonyl (C=O) groups excluding carboxylic acids is 2. The Hall–Kier alpha value is -2.36. The minimum Gasteiger partial charge on any atom is -0.394 e. The Morgan fingerprint density at radius 1 is 1.37 bits per heavy atom. The molecule has 0 saturated carbocycles. The number of carbonyl (C=O) groups is 2. The fourth-order valence-corrected chi connectivity index (χ4v) is 3.54. The Bertz CT molecular complexity index is 787. The van der Waals surface area contributed by atoms with E-state index in [1.807, 2.05) is 0 Å². The Balaban J connectivity index is 1.53. The lowest BCUT2D eigenvalue weighted by atomic mass is 9.96. The molecule has 1 fully saturated rings. The topological polar surface area (TPSA) is 101 Å². The number of ether oxygens (including phenoxy) is 1. The van der Waals surface area contributed by atoms with Crippen molar-refractivity contribution in [3.8, 4) is 0 Å². The van der Waals surface area contributed by atoms with Crippen LogP contribution in [0.25, 0.3) is 0 Å². The van der Waals surface area contributed by atoms with Crippen LogP contribution < -0.4 is 10.6 Å². The average molecular weight is 393 g/mol. The molecule has 144 valence electrons. The van der Waals surface area contributed by atoms with Crippen LogP contribution in [0.4, 0.5) is 9.52 Å². The molecule has 0 aliphatic carbocycles. The zero-order chi connectivity index (χ0) is 19.2. The first kappa shape index (κ1) is 19.4. The highest BCUT2D eigenvalue weighted by Crippen LogP contribution is 2.23. The standard InChI is InChI=1S/C18H20FN3O4S/c19-12-3-1-2-11(8-12)17(25)21-14-5-4-13(26-15(14)10-23)9-16(24)22-18-20-6-7-27-18/h1-3,6-8,13-15,23H,4-5,9-10H2,(H,21,25)(H,20,22,24)/t13-,14-,15+/m1/s1. The molecule has 1 saturated heterocycles. The SMILES string of the molecule is O=C(C[C@H]1CC[C@@H](NC(=O)c2cccc(F)c2)[C@H](CO)O1)Nc1nccs1. The summed E-state index contributed by atoms with van der Waals surface area (Å²) in [5.74, 6) is -1.14. The van der Waals surface area contributed by atoms with E-state index >= 15 is 0 Å². The summed E-state index contributed by atoms with van der Waals surface area (Å²) < 4.78 is 19.1. The third-order valence-corrected chi connectivity index (χ3v) is 4.98. The Morgan fingerprint density at radius 2 is 2.22 bits per heavy atom. The van der Waals surface area contributed by atoms with Crippen molar-refractivity contribution < 1.29 is 23.8 Å². The summed E-state index contributed by atoms with van der Waals surface area (Å²) in [6.07, 6.45) is 1.85. The van der Waals surface area contributed by atoms with Gasteiger partial charge >= 0.3 is 0 Å². The van der Waals surface area contributed by atoms with Crippen LogP contribution in [0.15, 0.2) is 35.8 Å². The fourth-order valence-electron chi connectivity index (χ4n) is 2.99. The third-order valence-electron chi connectivity index (χ3n) is 4.29.